The minimum atomic E-state index is 0.605. The van der Waals surface area contributed by atoms with Crippen LogP contribution in [0.4, 0.5) is 0 Å². The number of ether oxygens (including phenoxy) is 1. The van der Waals surface area contributed by atoms with Gasteiger partial charge in [0.1, 0.15) is 0 Å². The summed E-state index contributed by atoms with van der Waals surface area (Å²) in [6.45, 7) is 9.60. The molecule has 1 fully saturated rings. The van der Waals surface area contributed by atoms with E-state index in [1.165, 1.54) is 0 Å². The van der Waals surface area contributed by atoms with Crippen molar-refractivity contribution in [2.24, 2.45) is 0 Å². The van der Waals surface area contributed by atoms with Gasteiger partial charge in [0.2, 0.25) is 0 Å². The van der Waals surface area contributed by atoms with Crippen molar-refractivity contribution in [2.75, 3.05) is 19.8 Å². The highest BCUT2D eigenvalue weighted by atomic mass is 16.5. The van der Waals surface area contributed by atoms with Crippen molar-refractivity contribution < 1.29 is 4.74 Å². The van der Waals surface area contributed by atoms with Gasteiger partial charge in [-0.05, 0) is 20.4 Å². The average Bonchev–Trinajstić information content (AvgIpc) is 1.88. The van der Waals surface area contributed by atoms with E-state index in [9.17, 15) is 0 Å². The minimum Gasteiger partial charge on any atom is -0.378 e. The molecule has 2 unspecified atom stereocenters. The number of rotatable bonds is 1. The lowest BCUT2D eigenvalue weighted by molar-refractivity contribution is -0.0338. The molecule has 0 bridgehead atoms. The molecule has 0 aromatic carbocycles. The smallest absolute Gasteiger partial charge is 0.0620 e. The standard InChI is InChI=1S/C8H17NO/c1-4-9-7(2)5-10-6-8(9)3/h7-8H,4-6H2,1-3H3. The molecule has 0 amide bonds. The second kappa shape index (κ2) is 3.35. The fourth-order valence-corrected chi connectivity index (χ4v) is 1.66. The predicted molar refractivity (Wildman–Crippen MR) is 42.1 cm³/mol. The van der Waals surface area contributed by atoms with Crippen LogP contribution in [0.15, 0.2) is 0 Å². The van der Waals surface area contributed by atoms with Gasteiger partial charge in [0, 0.05) is 12.1 Å². The van der Waals surface area contributed by atoms with Gasteiger partial charge >= 0.3 is 0 Å². The Hall–Kier alpha value is -0.0800. The Labute approximate surface area is 63.2 Å². The highest BCUT2D eigenvalue weighted by molar-refractivity contribution is 4.75. The van der Waals surface area contributed by atoms with Gasteiger partial charge in [-0.3, -0.25) is 4.90 Å². The molecule has 1 aliphatic heterocycles. The first-order valence-corrected chi connectivity index (χ1v) is 4.09. The van der Waals surface area contributed by atoms with Gasteiger partial charge in [-0.1, -0.05) is 6.92 Å². The molecule has 0 aromatic heterocycles. The molecule has 0 saturated carbocycles. The first kappa shape index (κ1) is 8.02. The molecule has 0 aromatic rings. The van der Waals surface area contributed by atoms with Crippen molar-refractivity contribution in [2.45, 2.75) is 32.9 Å². The zero-order chi connectivity index (χ0) is 7.56. The summed E-state index contributed by atoms with van der Waals surface area (Å²) in [6.07, 6.45) is 0. The molecule has 1 saturated heterocycles. The van der Waals surface area contributed by atoms with Gasteiger partial charge in [0.05, 0.1) is 13.2 Å². The maximum atomic E-state index is 5.38. The summed E-state index contributed by atoms with van der Waals surface area (Å²) in [5.74, 6) is 0. The predicted octanol–water partition coefficient (Wildman–Crippen LogP) is 1.12. The summed E-state index contributed by atoms with van der Waals surface area (Å²) in [7, 11) is 0. The van der Waals surface area contributed by atoms with E-state index < -0.39 is 0 Å². The Morgan fingerprint density at radius 2 is 1.80 bits per heavy atom. The zero-order valence-corrected chi connectivity index (χ0v) is 7.13. The highest BCUT2D eigenvalue weighted by Gasteiger charge is 2.22. The van der Waals surface area contributed by atoms with Gasteiger partial charge in [-0.15, -0.1) is 0 Å². The molecule has 0 spiro atoms. The third kappa shape index (κ3) is 1.50. The van der Waals surface area contributed by atoms with E-state index in [1.54, 1.807) is 0 Å². The molecule has 1 aliphatic rings. The summed E-state index contributed by atoms with van der Waals surface area (Å²) in [6, 6.07) is 1.21. The van der Waals surface area contributed by atoms with E-state index in [4.69, 9.17) is 4.74 Å². The minimum absolute atomic E-state index is 0.605. The molecule has 0 radical (unpaired) electrons. The number of hydrogen-bond acceptors (Lipinski definition) is 2. The van der Waals surface area contributed by atoms with Crippen LogP contribution in [0.5, 0.6) is 0 Å². The molecule has 2 heteroatoms. The van der Waals surface area contributed by atoms with Crippen molar-refractivity contribution in [1.82, 2.24) is 4.90 Å². The lowest BCUT2D eigenvalue weighted by Gasteiger charge is -2.37. The normalized spacial score (nSPS) is 36.3. The van der Waals surface area contributed by atoms with Crippen molar-refractivity contribution in [1.29, 1.82) is 0 Å². The van der Waals surface area contributed by atoms with Crippen LogP contribution in [0.3, 0.4) is 0 Å². The quantitative estimate of drug-likeness (QED) is 0.545. The number of nitrogens with zero attached hydrogens (tertiary/aromatic N) is 1. The van der Waals surface area contributed by atoms with E-state index in [0.717, 1.165) is 19.8 Å². The molecule has 0 aliphatic carbocycles. The first-order valence-electron chi connectivity index (χ1n) is 4.09. The third-order valence-electron chi connectivity index (χ3n) is 2.22. The van der Waals surface area contributed by atoms with E-state index in [1.807, 2.05) is 0 Å². The maximum absolute atomic E-state index is 5.38. The maximum Gasteiger partial charge on any atom is 0.0620 e. The van der Waals surface area contributed by atoms with Crippen LogP contribution >= 0.6 is 0 Å². The Morgan fingerprint density at radius 1 is 1.30 bits per heavy atom. The van der Waals surface area contributed by atoms with Crippen LogP contribution in [0.25, 0.3) is 0 Å². The van der Waals surface area contributed by atoms with Crippen molar-refractivity contribution in [3.8, 4) is 0 Å². The highest BCUT2D eigenvalue weighted by Crippen LogP contribution is 2.11. The SMILES string of the molecule is CCN1C(C)COCC1C. The molecule has 2 atom stereocenters. The number of morpholine rings is 1. The van der Waals surface area contributed by atoms with Crippen LogP contribution in [-0.4, -0.2) is 36.7 Å². The molecule has 10 heavy (non-hydrogen) atoms. The van der Waals surface area contributed by atoms with Gasteiger partial charge in [0.15, 0.2) is 0 Å². The van der Waals surface area contributed by atoms with Crippen molar-refractivity contribution in [3.05, 3.63) is 0 Å². The van der Waals surface area contributed by atoms with Gasteiger partial charge in [-0.2, -0.15) is 0 Å². The Bertz CT molecular complexity index is 95.4. The zero-order valence-electron chi connectivity index (χ0n) is 7.13. The van der Waals surface area contributed by atoms with Crippen LogP contribution in [0, 0.1) is 0 Å². The van der Waals surface area contributed by atoms with E-state index in [0.29, 0.717) is 12.1 Å². The summed E-state index contributed by atoms with van der Waals surface area (Å²) in [4.78, 5) is 2.48. The topological polar surface area (TPSA) is 12.5 Å². The van der Waals surface area contributed by atoms with Gasteiger partial charge in [0.25, 0.3) is 0 Å². The van der Waals surface area contributed by atoms with Crippen LogP contribution in [0.2, 0.25) is 0 Å². The fourth-order valence-electron chi connectivity index (χ4n) is 1.66. The summed E-state index contributed by atoms with van der Waals surface area (Å²) < 4.78 is 5.38. The molecular formula is C8H17NO. The average molecular weight is 143 g/mol. The van der Waals surface area contributed by atoms with E-state index in [2.05, 4.69) is 25.7 Å². The van der Waals surface area contributed by atoms with Crippen LogP contribution in [-0.2, 0) is 4.74 Å². The Morgan fingerprint density at radius 3 is 2.10 bits per heavy atom. The van der Waals surface area contributed by atoms with E-state index in [-0.39, 0.29) is 0 Å². The lowest BCUT2D eigenvalue weighted by atomic mass is 10.2. The molecule has 60 valence electrons. The van der Waals surface area contributed by atoms with Gasteiger partial charge < -0.3 is 4.74 Å². The van der Waals surface area contributed by atoms with Crippen molar-refractivity contribution in [3.63, 3.8) is 0 Å². The number of hydrogen-bond donors (Lipinski definition) is 0. The molecule has 1 rings (SSSR count). The second-order valence-electron chi connectivity index (χ2n) is 3.07. The monoisotopic (exact) mass is 143 g/mol. The van der Waals surface area contributed by atoms with Crippen molar-refractivity contribution >= 4 is 0 Å². The third-order valence-corrected chi connectivity index (χ3v) is 2.22. The lowest BCUT2D eigenvalue weighted by Crippen LogP contribution is -2.49. The summed E-state index contributed by atoms with van der Waals surface area (Å²) >= 11 is 0. The largest absolute Gasteiger partial charge is 0.378 e. The summed E-state index contributed by atoms with van der Waals surface area (Å²) in [5.41, 5.74) is 0. The Balaban J connectivity index is 2.45. The molecule has 2 nitrogen and oxygen atoms in total. The first-order chi connectivity index (χ1) is 4.75. The molecule has 0 N–H and O–H groups in total. The Kier molecular flexibility index (Phi) is 2.69. The van der Waals surface area contributed by atoms with Gasteiger partial charge in [-0.25, -0.2) is 0 Å². The van der Waals surface area contributed by atoms with Crippen LogP contribution < -0.4 is 0 Å². The second-order valence-corrected chi connectivity index (χ2v) is 3.07. The van der Waals surface area contributed by atoms with E-state index >= 15 is 0 Å². The number of likely N-dealkylation sites (N-methyl/N-ethyl adjacent to an activating group) is 1. The van der Waals surface area contributed by atoms with Crippen LogP contribution in [0.1, 0.15) is 20.8 Å². The summed E-state index contributed by atoms with van der Waals surface area (Å²) in [5, 5.41) is 0. The molecular weight excluding hydrogens is 126 g/mol. The molecule has 1 heterocycles. The fraction of sp³-hybridized carbons (Fsp3) is 1.00.